The Balaban J connectivity index is 1.31. The van der Waals surface area contributed by atoms with E-state index < -0.39 is 35.6 Å². The van der Waals surface area contributed by atoms with Crippen molar-refractivity contribution in [2.24, 2.45) is 21.5 Å². The summed E-state index contributed by atoms with van der Waals surface area (Å²) >= 11 is 0. The molecule has 4 atom stereocenters. The van der Waals surface area contributed by atoms with Crippen LogP contribution in [0.2, 0.25) is 0 Å². The zero-order valence-corrected chi connectivity index (χ0v) is 19.1. The third kappa shape index (κ3) is 3.01. The van der Waals surface area contributed by atoms with E-state index in [9.17, 15) is 19.8 Å². The Morgan fingerprint density at radius 3 is 2.58 bits per heavy atom. The Kier molecular flexibility index (Phi) is 4.75. The molecule has 2 aromatic rings. The van der Waals surface area contributed by atoms with E-state index in [2.05, 4.69) is 15.3 Å². The first kappa shape index (κ1) is 22.3. The molecule has 2 aromatic carbocycles. The monoisotopic (exact) mass is 491 g/mol. The van der Waals surface area contributed by atoms with E-state index in [4.69, 9.17) is 16.2 Å². The molecular weight excluding hydrogens is 466 g/mol. The molecular formula is C24H25N7O5. The molecule has 0 radical (unpaired) electrons. The van der Waals surface area contributed by atoms with Crippen molar-refractivity contribution >= 4 is 23.8 Å². The van der Waals surface area contributed by atoms with E-state index in [-0.39, 0.29) is 36.5 Å². The maximum atomic E-state index is 13.0. The first-order valence-electron chi connectivity index (χ1n) is 11.5. The van der Waals surface area contributed by atoms with Crippen molar-refractivity contribution in [3.05, 3.63) is 71.3 Å². The highest BCUT2D eigenvalue weighted by Crippen LogP contribution is 2.46. The molecule has 6 rings (SSSR count). The van der Waals surface area contributed by atoms with Gasteiger partial charge in [0.15, 0.2) is 23.7 Å². The Hall–Kier alpha value is -4.16. The van der Waals surface area contributed by atoms with Crippen LogP contribution in [0.25, 0.3) is 0 Å². The number of hydrogen-bond acceptors (Lipinski definition) is 11. The summed E-state index contributed by atoms with van der Waals surface area (Å²) in [6.07, 6.45) is -1.40. The number of nitrogens with zero attached hydrogens (tertiary/aromatic N) is 4. The van der Waals surface area contributed by atoms with Crippen LogP contribution in [0.4, 0.5) is 0 Å². The number of benzene rings is 2. The summed E-state index contributed by atoms with van der Waals surface area (Å²) in [6.45, 7) is 0.350. The first-order chi connectivity index (χ1) is 17.2. The van der Waals surface area contributed by atoms with E-state index in [1.54, 1.807) is 47.4 Å². The van der Waals surface area contributed by atoms with Gasteiger partial charge in [-0.1, -0.05) is 36.4 Å². The highest BCUT2D eigenvalue weighted by Gasteiger charge is 2.74. The number of guanidine groups is 2. The fourth-order valence-corrected chi connectivity index (χ4v) is 5.63. The summed E-state index contributed by atoms with van der Waals surface area (Å²) in [6, 6.07) is 13.9. The van der Waals surface area contributed by atoms with Crippen molar-refractivity contribution in [1.82, 2.24) is 15.1 Å². The van der Waals surface area contributed by atoms with Gasteiger partial charge in [-0.2, -0.15) is 0 Å². The second-order valence-electron chi connectivity index (χ2n) is 9.34. The molecule has 1 saturated heterocycles. The SMILES string of the molecule is NC1=NC2[C@H](CN3Cc4ccccc4C3=O)N=C(N)N3C[C@H](OC(=O)c4ccccc4)C(O)(O)C23N1. The molecule has 12 heteroatoms. The summed E-state index contributed by atoms with van der Waals surface area (Å²) < 4.78 is 5.53. The van der Waals surface area contributed by atoms with Crippen LogP contribution in [-0.4, -0.2) is 86.5 Å². The smallest absolute Gasteiger partial charge is 0.338 e. The van der Waals surface area contributed by atoms with Crippen LogP contribution in [0.1, 0.15) is 26.3 Å². The van der Waals surface area contributed by atoms with Gasteiger partial charge >= 0.3 is 5.97 Å². The van der Waals surface area contributed by atoms with Crippen LogP contribution in [-0.2, 0) is 11.3 Å². The average Bonchev–Trinajstić information content (AvgIpc) is 3.45. The number of carbonyl (C=O) groups excluding carboxylic acids is 2. The third-order valence-electron chi connectivity index (χ3n) is 7.31. The van der Waals surface area contributed by atoms with E-state index in [1.165, 1.54) is 4.90 Å². The standard InChI is InChI=1S/C24H25N7O5/c25-21-28-18-16(11-30-10-14-8-4-5-9-15(14)19(30)32)27-22(26)31-12-17(24(34,35)23(18,31)29-21)36-20(33)13-6-2-1-3-7-13/h1-9,16-18,34-35H,10-12H2,(H2,26,27)(H3,25,28,29)/t16-,17-,18?,23?/m0/s1. The van der Waals surface area contributed by atoms with Gasteiger partial charge in [-0.15, -0.1) is 0 Å². The molecule has 4 heterocycles. The van der Waals surface area contributed by atoms with Gasteiger partial charge in [0.25, 0.3) is 5.91 Å². The molecule has 0 saturated carbocycles. The van der Waals surface area contributed by atoms with Crippen LogP contribution >= 0.6 is 0 Å². The average molecular weight is 492 g/mol. The lowest BCUT2D eigenvalue weighted by molar-refractivity contribution is -0.256. The summed E-state index contributed by atoms with van der Waals surface area (Å²) in [5, 5.41) is 25.8. The molecule has 1 spiro atoms. The number of hydrogen-bond donors (Lipinski definition) is 5. The van der Waals surface area contributed by atoms with Crippen LogP contribution < -0.4 is 16.8 Å². The third-order valence-corrected chi connectivity index (χ3v) is 7.31. The van der Waals surface area contributed by atoms with E-state index in [0.29, 0.717) is 12.1 Å². The predicted octanol–water partition coefficient (Wildman–Crippen LogP) is -1.46. The molecule has 2 unspecified atom stereocenters. The van der Waals surface area contributed by atoms with E-state index in [1.807, 2.05) is 12.1 Å². The lowest BCUT2D eigenvalue weighted by atomic mass is 9.85. The second-order valence-corrected chi connectivity index (χ2v) is 9.34. The van der Waals surface area contributed by atoms with Gasteiger partial charge in [0, 0.05) is 18.7 Å². The van der Waals surface area contributed by atoms with Gasteiger partial charge < -0.3 is 41.5 Å². The number of nitrogens with one attached hydrogen (secondary N) is 1. The zero-order valence-electron chi connectivity index (χ0n) is 19.1. The van der Waals surface area contributed by atoms with E-state index in [0.717, 1.165) is 5.56 Å². The van der Waals surface area contributed by atoms with Crippen LogP contribution in [0.3, 0.4) is 0 Å². The molecule has 12 nitrogen and oxygen atoms in total. The molecule has 186 valence electrons. The molecule has 4 aliphatic rings. The van der Waals surface area contributed by atoms with Crippen LogP contribution in [0, 0.1) is 0 Å². The molecule has 7 N–H and O–H groups in total. The topological polar surface area (TPSA) is 179 Å². The lowest BCUT2D eigenvalue weighted by Gasteiger charge is -2.49. The Bertz CT molecular complexity index is 1310. The van der Waals surface area contributed by atoms with Gasteiger partial charge in [0.2, 0.25) is 5.79 Å². The maximum Gasteiger partial charge on any atom is 0.338 e. The van der Waals surface area contributed by atoms with Crippen molar-refractivity contribution in [2.75, 3.05) is 13.1 Å². The minimum atomic E-state index is -2.65. The number of amides is 1. The number of esters is 1. The van der Waals surface area contributed by atoms with Crippen LogP contribution in [0.5, 0.6) is 0 Å². The largest absolute Gasteiger partial charge is 0.451 e. The number of rotatable bonds is 4. The Morgan fingerprint density at radius 1 is 1.11 bits per heavy atom. The van der Waals surface area contributed by atoms with Crippen molar-refractivity contribution in [3.8, 4) is 0 Å². The molecule has 0 bridgehead atoms. The number of fused-ring (bicyclic) bond motifs is 1. The fraction of sp³-hybridized carbons (Fsp3) is 0.333. The molecule has 1 amide bonds. The molecule has 4 aliphatic heterocycles. The Morgan fingerprint density at radius 2 is 1.83 bits per heavy atom. The van der Waals surface area contributed by atoms with Gasteiger partial charge in [-0.25, -0.2) is 14.8 Å². The minimum absolute atomic E-state index is 0.0106. The number of aliphatic imine (C=N–C) groups is 2. The summed E-state index contributed by atoms with van der Waals surface area (Å²) in [5.74, 6) is -3.58. The van der Waals surface area contributed by atoms with Gasteiger partial charge in [0.05, 0.1) is 18.2 Å². The first-order valence-corrected chi connectivity index (χ1v) is 11.5. The summed E-state index contributed by atoms with van der Waals surface area (Å²) in [7, 11) is 0. The molecule has 1 fully saturated rings. The summed E-state index contributed by atoms with van der Waals surface area (Å²) in [5.41, 5.74) is 12.3. The fourth-order valence-electron chi connectivity index (χ4n) is 5.63. The second kappa shape index (κ2) is 7.67. The quantitative estimate of drug-likeness (QED) is 0.252. The van der Waals surface area contributed by atoms with Gasteiger partial charge in [0.1, 0.15) is 6.04 Å². The highest BCUT2D eigenvalue weighted by molar-refractivity contribution is 5.98. The normalized spacial score (nSPS) is 29.6. The maximum absolute atomic E-state index is 13.0. The van der Waals surface area contributed by atoms with Crippen molar-refractivity contribution < 1.29 is 24.5 Å². The number of carbonyl (C=O) groups is 2. The Labute approximate surface area is 205 Å². The molecule has 36 heavy (non-hydrogen) atoms. The zero-order chi connectivity index (χ0) is 25.2. The van der Waals surface area contributed by atoms with Crippen molar-refractivity contribution in [3.63, 3.8) is 0 Å². The highest BCUT2D eigenvalue weighted by atomic mass is 16.6. The van der Waals surface area contributed by atoms with Crippen molar-refractivity contribution in [1.29, 1.82) is 0 Å². The van der Waals surface area contributed by atoms with Gasteiger partial charge in [-0.05, 0) is 23.8 Å². The van der Waals surface area contributed by atoms with Crippen molar-refractivity contribution in [2.45, 2.75) is 36.2 Å². The number of ether oxygens (including phenoxy) is 1. The number of aliphatic hydroxyl groups is 2. The summed E-state index contributed by atoms with van der Waals surface area (Å²) in [4.78, 5) is 37.7. The minimum Gasteiger partial charge on any atom is -0.451 e. The molecule has 0 aromatic heterocycles. The van der Waals surface area contributed by atoms with E-state index >= 15 is 0 Å². The molecule has 0 aliphatic carbocycles. The van der Waals surface area contributed by atoms with Crippen LogP contribution in [0.15, 0.2) is 64.6 Å². The lowest BCUT2D eigenvalue weighted by Crippen LogP contribution is -2.77. The number of nitrogens with two attached hydrogens (primary N) is 2. The predicted molar refractivity (Wildman–Crippen MR) is 127 cm³/mol. The van der Waals surface area contributed by atoms with Gasteiger partial charge in [-0.3, -0.25) is 4.79 Å².